The maximum absolute atomic E-state index is 9.44. The minimum absolute atomic E-state index is 0.312. The molecule has 0 bridgehead atoms. The van der Waals surface area contributed by atoms with Crippen molar-refractivity contribution in [2.75, 3.05) is 31.8 Å². The number of thioether (sulfide) groups is 1. The van der Waals surface area contributed by atoms with E-state index < -0.39 is 5.60 Å². The molecule has 0 saturated heterocycles. The molecule has 3 N–H and O–H groups in total. The van der Waals surface area contributed by atoms with E-state index in [9.17, 15) is 5.11 Å². The third-order valence-electron chi connectivity index (χ3n) is 1.28. The number of nitrogens with two attached hydrogens (primary N) is 1. The number of methoxy groups -OCH3 is 1. The van der Waals surface area contributed by atoms with Crippen molar-refractivity contribution in [3.63, 3.8) is 0 Å². The van der Waals surface area contributed by atoms with E-state index >= 15 is 0 Å². The standard InChI is InChI=1S/C7H17NO2S/c1-7(9,5-8)6-11-4-3-10-2/h9H,3-6,8H2,1-2H3. The van der Waals surface area contributed by atoms with E-state index in [0.717, 1.165) is 12.4 Å². The lowest BCUT2D eigenvalue weighted by atomic mass is 10.1. The quantitative estimate of drug-likeness (QED) is 0.567. The second-order valence-electron chi connectivity index (χ2n) is 2.75. The van der Waals surface area contributed by atoms with Gasteiger partial charge in [-0.25, -0.2) is 0 Å². The summed E-state index contributed by atoms with van der Waals surface area (Å²) in [4.78, 5) is 0. The van der Waals surface area contributed by atoms with Crippen molar-refractivity contribution in [1.82, 2.24) is 0 Å². The van der Waals surface area contributed by atoms with Crippen molar-refractivity contribution in [3.05, 3.63) is 0 Å². The highest BCUT2D eigenvalue weighted by molar-refractivity contribution is 7.99. The maximum atomic E-state index is 9.44. The van der Waals surface area contributed by atoms with Crippen LogP contribution < -0.4 is 5.73 Å². The van der Waals surface area contributed by atoms with E-state index in [1.54, 1.807) is 25.8 Å². The van der Waals surface area contributed by atoms with Gasteiger partial charge in [0.25, 0.3) is 0 Å². The summed E-state index contributed by atoms with van der Waals surface area (Å²) in [6, 6.07) is 0. The lowest BCUT2D eigenvalue weighted by molar-refractivity contribution is 0.0948. The van der Waals surface area contributed by atoms with Gasteiger partial charge in [0.1, 0.15) is 0 Å². The molecule has 0 aliphatic carbocycles. The van der Waals surface area contributed by atoms with Crippen LogP contribution in [0, 0.1) is 0 Å². The van der Waals surface area contributed by atoms with Crippen LogP contribution in [0.15, 0.2) is 0 Å². The fourth-order valence-electron chi connectivity index (χ4n) is 0.493. The van der Waals surface area contributed by atoms with Crippen molar-refractivity contribution in [1.29, 1.82) is 0 Å². The van der Waals surface area contributed by atoms with Gasteiger partial charge in [-0.2, -0.15) is 11.8 Å². The van der Waals surface area contributed by atoms with Gasteiger partial charge in [-0.3, -0.25) is 0 Å². The highest BCUT2D eigenvalue weighted by Gasteiger charge is 2.16. The Balaban J connectivity index is 3.23. The van der Waals surface area contributed by atoms with Crippen LogP contribution in [0.3, 0.4) is 0 Å². The molecule has 0 spiro atoms. The molecule has 0 aromatic carbocycles. The Morgan fingerprint density at radius 1 is 1.64 bits per heavy atom. The summed E-state index contributed by atoms with van der Waals surface area (Å²) >= 11 is 1.65. The zero-order chi connectivity index (χ0) is 8.74. The fraction of sp³-hybridized carbons (Fsp3) is 1.00. The van der Waals surface area contributed by atoms with Gasteiger partial charge in [-0.1, -0.05) is 0 Å². The van der Waals surface area contributed by atoms with Crippen LogP contribution in [0.4, 0.5) is 0 Å². The van der Waals surface area contributed by atoms with E-state index in [1.165, 1.54) is 0 Å². The third-order valence-corrected chi connectivity index (χ3v) is 2.57. The molecule has 0 aromatic rings. The molecule has 1 atom stereocenters. The minimum Gasteiger partial charge on any atom is -0.388 e. The molecule has 0 aliphatic rings. The van der Waals surface area contributed by atoms with Crippen LogP contribution in [0.5, 0.6) is 0 Å². The van der Waals surface area contributed by atoms with E-state index in [-0.39, 0.29) is 0 Å². The van der Waals surface area contributed by atoms with Gasteiger partial charge in [0.2, 0.25) is 0 Å². The molecule has 4 heteroatoms. The first-order valence-corrected chi connectivity index (χ1v) is 4.77. The molecule has 68 valence electrons. The first kappa shape index (κ1) is 11.2. The fourth-order valence-corrected chi connectivity index (χ4v) is 1.48. The van der Waals surface area contributed by atoms with Gasteiger partial charge in [0.05, 0.1) is 12.2 Å². The van der Waals surface area contributed by atoms with Gasteiger partial charge >= 0.3 is 0 Å². The number of rotatable bonds is 6. The average molecular weight is 179 g/mol. The summed E-state index contributed by atoms with van der Waals surface area (Å²) in [5, 5.41) is 9.44. The van der Waals surface area contributed by atoms with Crippen molar-refractivity contribution in [2.24, 2.45) is 5.73 Å². The van der Waals surface area contributed by atoms with E-state index in [2.05, 4.69) is 0 Å². The molecule has 0 aliphatic heterocycles. The average Bonchev–Trinajstić information content (AvgIpc) is 1.99. The molecule has 1 unspecified atom stereocenters. The molecule has 0 fully saturated rings. The topological polar surface area (TPSA) is 55.5 Å². The van der Waals surface area contributed by atoms with E-state index in [0.29, 0.717) is 12.3 Å². The first-order chi connectivity index (χ1) is 5.12. The minimum atomic E-state index is -0.724. The zero-order valence-corrected chi connectivity index (χ0v) is 7.99. The Morgan fingerprint density at radius 3 is 2.73 bits per heavy atom. The molecule has 11 heavy (non-hydrogen) atoms. The molecular weight excluding hydrogens is 162 g/mol. The van der Waals surface area contributed by atoms with Crippen LogP contribution in [-0.4, -0.2) is 42.5 Å². The molecule has 0 rings (SSSR count). The second kappa shape index (κ2) is 5.83. The predicted octanol–water partition coefficient (Wildman–Crippen LogP) is 0.0757. The predicted molar refractivity (Wildman–Crippen MR) is 48.9 cm³/mol. The highest BCUT2D eigenvalue weighted by Crippen LogP contribution is 2.10. The summed E-state index contributed by atoms with van der Waals surface area (Å²) in [6.45, 7) is 2.78. The van der Waals surface area contributed by atoms with Gasteiger partial charge < -0.3 is 15.6 Å². The lowest BCUT2D eigenvalue weighted by Gasteiger charge is -2.19. The van der Waals surface area contributed by atoms with Crippen molar-refractivity contribution in [3.8, 4) is 0 Å². The van der Waals surface area contributed by atoms with Crippen molar-refractivity contribution < 1.29 is 9.84 Å². The highest BCUT2D eigenvalue weighted by atomic mass is 32.2. The molecule has 0 saturated carbocycles. The SMILES string of the molecule is COCCSCC(C)(O)CN. The van der Waals surface area contributed by atoms with Crippen LogP contribution >= 0.6 is 11.8 Å². The van der Waals surface area contributed by atoms with Crippen LogP contribution in [0.1, 0.15) is 6.92 Å². The van der Waals surface area contributed by atoms with Crippen LogP contribution in [0.25, 0.3) is 0 Å². The van der Waals surface area contributed by atoms with Crippen molar-refractivity contribution in [2.45, 2.75) is 12.5 Å². The molecule has 0 aromatic heterocycles. The van der Waals surface area contributed by atoms with E-state index in [1.807, 2.05) is 0 Å². The third kappa shape index (κ3) is 6.62. The smallest absolute Gasteiger partial charge is 0.0831 e. The van der Waals surface area contributed by atoms with E-state index in [4.69, 9.17) is 10.5 Å². The van der Waals surface area contributed by atoms with Crippen LogP contribution in [-0.2, 0) is 4.74 Å². The van der Waals surface area contributed by atoms with Gasteiger partial charge in [0.15, 0.2) is 0 Å². The maximum Gasteiger partial charge on any atom is 0.0831 e. The normalized spacial score (nSPS) is 16.4. The summed E-state index contributed by atoms with van der Waals surface area (Å²) in [7, 11) is 1.67. The lowest BCUT2D eigenvalue weighted by Crippen LogP contribution is -2.36. The number of hydrogen-bond acceptors (Lipinski definition) is 4. The number of aliphatic hydroxyl groups is 1. The molecule has 0 radical (unpaired) electrons. The molecular formula is C7H17NO2S. The van der Waals surface area contributed by atoms with Gasteiger partial charge in [0, 0.05) is 25.2 Å². The summed E-state index contributed by atoms with van der Waals surface area (Å²) in [6.07, 6.45) is 0. The van der Waals surface area contributed by atoms with Gasteiger partial charge in [-0.15, -0.1) is 0 Å². The Kier molecular flexibility index (Phi) is 5.95. The van der Waals surface area contributed by atoms with Crippen LogP contribution in [0.2, 0.25) is 0 Å². The Labute approximate surface area is 72.3 Å². The zero-order valence-electron chi connectivity index (χ0n) is 7.17. The molecule has 0 heterocycles. The Hall–Kier alpha value is 0.230. The number of hydrogen-bond donors (Lipinski definition) is 2. The Morgan fingerprint density at radius 2 is 2.27 bits per heavy atom. The Bertz CT molecular complexity index is 98.4. The molecule has 3 nitrogen and oxygen atoms in total. The first-order valence-electron chi connectivity index (χ1n) is 3.61. The second-order valence-corrected chi connectivity index (χ2v) is 3.85. The monoisotopic (exact) mass is 179 g/mol. The van der Waals surface area contributed by atoms with Gasteiger partial charge in [-0.05, 0) is 6.92 Å². The number of ether oxygens (including phenoxy) is 1. The summed E-state index contributed by atoms with van der Waals surface area (Å²) < 4.78 is 4.86. The molecule has 0 amide bonds. The summed E-state index contributed by atoms with van der Waals surface area (Å²) in [5.41, 5.74) is 4.60. The summed E-state index contributed by atoms with van der Waals surface area (Å²) in [5.74, 6) is 1.58. The van der Waals surface area contributed by atoms with Crippen molar-refractivity contribution >= 4 is 11.8 Å². The largest absolute Gasteiger partial charge is 0.388 e.